The Morgan fingerprint density at radius 2 is 1.80 bits per heavy atom. The number of piperidine rings is 1. The van der Waals surface area contributed by atoms with Crippen LogP contribution in [-0.2, 0) is 6.18 Å². The maximum atomic E-state index is 12.9. The number of ether oxygens (including phenoxy) is 2. The number of benzene rings is 2. The van der Waals surface area contributed by atoms with Gasteiger partial charge in [-0.05, 0) is 55.6 Å². The molecule has 162 valence electrons. The number of fused-ring (bicyclic) bond motifs is 1. The first-order valence-corrected chi connectivity index (χ1v) is 10.1. The third kappa shape index (κ3) is 4.75. The summed E-state index contributed by atoms with van der Waals surface area (Å²) in [5.41, 5.74) is 0.128. The normalized spacial score (nSPS) is 19.7. The zero-order chi connectivity index (χ0) is 21.1. The molecule has 0 spiro atoms. The molecule has 2 heterocycles. The number of hydrogen-bond donors (Lipinski definition) is 2. The lowest BCUT2D eigenvalue weighted by atomic mass is 9.96. The Labute approximate surface area is 173 Å². The molecule has 0 radical (unpaired) electrons. The first-order chi connectivity index (χ1) is 14.4. The van der Waals surface area contributed by atoms with Crippen LogP contribution in [0.5, 0.6) is 17.2 Å². The summed E-state index contributed by atoms with van der Waals surface area (Å²) in [6.45, 7) is 3.37. The summed E-state index contributed by atoms with van der Waals surface area (Å²) in [5, 5.41) is 13.4. The summed E-state index contributed by atoms with van der Waals surface area (Å²) in [7, 11) is 0. The molecule has 1 saturated heterocycles. The van der Waals surface area contributed by atoms with Crippen molar-refractivity contribution in [2.75, 3.05) is 37.7 Å². The van der Waals surface area contributed by atoms with E-state index >= 15 is 0 Å². The number of phenols is 1. The smallest absolute Gasteiger partial charge is 0.416 e. The molecule has 30 heavy (non-hydrogen) atoms. The number of nitrogens with zero attached hydrogens (tertiary/aromatic N) is 1. The minimum absolute atomic E-state index is 0.138. The van der Waals surface area contributed by atoms with Gasteiger partial charge >= 0.3 is 6.18 Å². The highest BCUT2D eigenvalue weighted by Crippen LogP contribution is 2.38. The van der Waals surface area contributed by atoms with Crippen molar-refractivity contribution >= 4 is 5.69 Å². The van der Waals surface area contributed by atoms with Gasteiger partial charge in [-0.1, -0.05) is 12.1 Å². The van der Waals surface area contributed by atoms with E-state index < -0.39 is 11.7 Å². The Balaban J connectivity index is 1.23. The highest BCUT2D eigenvalue weighted by atomic mass is 19.4. The first kappa shape index (κ1) is 20.7. The van der Waals surface area contributed by atoms with E-state index in [1.54, 1.807) is 6.07 Å². The van der Waals surface area contributed by atoms with E-state index in [1.165, 1.54) is 6.07 Å². The van der Waals surface area contributed by atoms with Crippen LogP contribution in [0.4, 0.5) is 18.9 Å². The maximum Gasteiger partial charge on any atom is 0.416 e. The number of alkyl halides is 3. The average Bonchev–Trinajstić information content (AvgIpc) is 2.73. The topological polar surface area (TPSA) is 54.0 Å². The van der Waals surface area contributed by atoms with E-state index in [0.29, 0.717) is 30.6 Å². The van der Waals surface area contributed by atoms with Gasteiger partial charge in [0.1, 0.15) is 18.5 Å². The van der Waals surface area contributed by atoms with Crippen LogP contribution < -0.4 is 19.7 Å². The highest BCUT2D eigenvalue weighted by molar-refractivity contribution is 5.57. The van der Waals surface area contributed by atoms with Crippen LogP contribution in [0.3, 0.4) is 0 Å². The van der Waals surface area contributed by atoms with Crippen molar-refractivity contribution in [2.24, 2.45) is 5.92 Å². The number of hydrogen-bond acceptors (Lipinski definition) is 5. The molecule has 2 aromatic rings. The number of aromatic hydroxyl groups is 1. The maximum absolute atomic E-state index is 12.9. The highest BCUT2D eigenvalue weighted by Gasteiger charge is 2.33. The molecule has 2 aromatic carbocycles. The summed E-state index contributed by atoms with van der Waals surface area (Å²) in [4.78, 5) is 2.19. The summed E-state index contributed by atoms with van der Waals surface area (Å²) < 4.78 is 50.0. The van der Waals surface area contributed by atoms with Gasteiger partial charge in [0.15, 0.2) is 11.5 Å². The van der Waals surface area contributed by atoms with Crippen molar-refractivity contribution in [3.63, 3.8) is 0 Å². The molecule has 0 aliphatic carbocycles. The number of halogens is 3. The van der Waals surface area contributed by atoms with Crippen molar-refractivity contribution in [1.82, 2.24) is 5.32 Å². The van der Waals surface area contributed by atoms with E-state index in [1.807, 2.05) is 18.2 Å². The Kier molecular flexibility index (Phi) is 5.94. The van der Waals surface area contributed by atoms with Gasteiger partial charge in [0.05, 0.1) is 11.3 Å². The fourth-order valence-corrected chi connectivity index (χ4v) is 3.95. The van der Waals surface area contributed by atoms with Gasteiger partial charge < -0.3 is 24.8 Å². The minimum atomic E-state index is -4.41. The van der Waals surface area contributed by atoms with Crippen LogP contribution in [-0.4, -0.2) is 44.0 Å². The van der Waals surface area contributed by atoms with Crippen LogP contribution in [0.25, 0.3) is 0 Å². The molecule has 1 atom stereocenters. The number of rotatable bonds is 5. The van der Waals surface area contributed by atoms with Crippen molar-refractivity contribution in [3.05, 3.63) is 48.0 Å². The van der Waals surface area contributed by atoms with Gasteiger partial charge in [0.2, 0.25) is 0 Å². The van der Waals surface area contributed by atoms with Crippen molar-refractivity contribution in [1.29, 1.82) is 0 Å². The van der Waals surface area contributed by atoms with Crippen LogP contribution >= 0.6 is 0 Å². The quantitative estimate of drug-likeness (QED) is 0.761. The Bertz CT molecular complexity index is 867. The summed E-state index contributed by atoms with van der Waals surface area (Å²) in [6.07, 6.45) is -2.74. The molecule has 2 aliphatic rings. The number of nitrogens with one attached hydrogen (secondary N) is 1. The lowest BCUT2D eigenvalue weighted by Gasteiger charge is -2.34. The second kappa shape index (κ2) is 8.63. The standard InChI is InChI=1S/C22H25F3N2O3/c23-22(24,25)16-5-6-20-21(11-16)30-17(14-29-20)13-26-12-15-7-9-27(10-8-15)18-3-1-2-4-19(18)28/h1-6,11,15,17,26,28H,7-10,12-14H2. The van der Waals surface area contributed by atoms with Crippen LogP contribution in [0.2, 0.25) is 0 Å². The van der Waals surface area contributed by atoms with Crippen LogP contribution in [0.15, 0.2) is 42.5 Å². The fourth-order valence-electron chi connectivity index (χ4n) is 3.95. The number of anilines is 1. The predicted octanol–water partition coefficient (Wildman–Crippen LogP) is 4.06. The average molecular weight is 422 g/mol. The molecule has 1 unspecified atom stereocenters. The minimum Gasteiger partial charge on any atom is -0.506 e. The van der Waals surface area contributed by atoms with Crippen molar-refractivity contribution in [3.8, 4) is 17.2 Å². The SMILES string of the molecule is Oc1ccccc1N1CCC(CNCC2COc3ccc(C(F)(F)F)cc3O2)CC1. The number of phenolic OH excluding ortho intramolecular Hbond substituents is 1. The molecule has 0 aromatic heterocycles. The molecule has 0 saturated carbocycles. The van der Waals surface area contributed by atoms with Gasteiger partial charge in [-0.3, -0.25) is 0 Å². The van der Waals surface area contributed by atoms with Crippen LogP contribution in [0.1, 0.15) is 18.4 Å². The molecule has 0 bridgehead atoms. The van der Waals surface area contributed by atoms with E-state index in [-0.39, 0.29) is 11.9 Å². The second-order valence-electron chi connectivity index (χ2n) is 7.79. The largest absolute Gasteiger partial charge is 0.506 e. The molecule has 2 N–H and O–H groups in total. The summed E-state index contributed by atoms with van der Waals surface area (Å²) in [6, 6.07) is 10.7. The summed E-state index contributed by atoms with van der Waals surface area (Å²) >= 11 is 0. The Morgan fingerprint density at radius 3 is 2.53 bits per heavy atom. The monoisotopic (exact) mass is 422 g/mol. The molecule has 0 amide bonds. The first-order valence-electron chi connectivity index (χ1n) is 10.1. The molecule has 1 fully saturated rings. The van der Waals surface area contributed by atoms with E-state index in [0.717, 1.165) is 50.3 Å². The lowest BCUT2D eigenvalue weighted by molar-refractivity contribution is -0.137. The Hall–Kier alpha value is -2.61. The van der Waals surface area contributed by atoms with Gasteiger partial charge in [-0.15, -0.1) is 0 Å². The van der Waals surface area contributed by atoms with E-state index in [2.05, 4.69) is 10.2 Å². The molecule has 8 heteroatoms. The van der Waals surface area contributed by atoms with Gasteiger partial charge in [0.25, 0.3) is 0 Å². The lowest BCUT2D eigenvalue weighted by Crippen LogP contribution is -2.42. The van der Waals surface area contributed by atoms with E-state index in [4.69, 9.17) is 9.47 Å². The molecule has 2 aliphatic heterocycles. The van der Waals surface area contributed by atoms with Gasteiger partial charge in [-0.25, -0.2) is 0 Å². The summed E-state index contributed by atoms with van der Waals surface area (Å²) in [5.74, 6) is 1.29. The molecule has 4 rings (SSSR count). The van der Waals surface area contributed by atoms with E-state index in [9.17, 15) is 18.3 Å². The fraction of sp³-hybridized carbons (Fsp3) is 0.455. The zero-order valence-electron chi connectivity index (χ0n) is 16.5. The third-order valence-corrected chi connectivity index (χ3v) is 5.63. The molecule has 5 nitrogen and oxygen atoms in total. The second-order valence-corrected chi connectivity index (χ2v) is 7.79. The van der Waals surface area contributed by atoms with Crippen molar-refractivity contribution < 1.29 is 27.8 Å². The Morgan fingerprint density at radius 1 is 1.03 bits per heavy atom. The zero-order valence-corrected chi connectivity index (χ0v) is 16.5. The van der Waals surface area contributed by atoms with Crippen molar-refractivity contribution in [2.45, 2.75) is 25.1 Å². The predicted molar refractivity (Wildman–Crippen MR) is 107 cm³/mol. The van der Waals surface area contributed by atoms with Crippen LogP contribution in [0, 0.1) is 5.92 Å². The third-order valence-electron chi connectivity index (χ3n) is 5.63. The number of para-hydroxylation sites is 2. The molecular formula is C22H25F3N2O3. The molecular weight excluding hydrogens is 397 g/mol. The van der Waals surface area contributed by atoms with Gasteiger partial charge in [0, 0.05) is 19.6 Å². The van der Waals surface area contributed by atoms with Gasteiger partial charge in [-0.2, -0.15) is 13.2 Å².